The molecule has 0 atom stereocenters. The van der Waals surface area contributed by atoms with Gasteiger partial charge in [0, 0.05) is 44.2 Å². The zero-order valence-electron chi connectivity index (χ0n) is 35.3. The van der Waals surface area contributed by atoms with E-state index in [0.29, 0.717) is 0 Å². The Morgan fingerprint density at radius 3 is 1.48 bits per heavy atom. The van der Waals surface area contributed by atoms with E-state index >= 15 is 0 Å². The van der Waals surface area contributed by atoms with Crippen LogP contribution in [-0.4, -0.2) is 0 Å². The van der Waals surface area contributed by atoms with Gasteiger partial charge in [-0.15, -0.1) is 0 Å². The summed E-state index contributed by atoms with van der Waals surface area (Å²) in [7, 11) is 0. The van der Waals surface area contributed by atoms with Crippen LogP contribution in [0.15, 0.2) is 245 Å². The summed E-state index contributed by atoms with van der Waals surface area (Å²) in [4.78, 5) is 2.34. The normalized spacial score (nSPS) is 11.7. The topological polar surface area (TPSA) is 29.5 Å². The molecule has 13 aromatic rings. The fourth-order valence-corrected chi connectivity index (χ4v) is 9.78. The molecule has 0 aliphatic rings. The van der Waals surface area contributed by atoms with Crippen LogP contribution in [0.25, 0.3) is 110 Å². The Kier molecular flexibility index (Phi) is 8.53. The molecule has 2 aromatic heterocycles. The van der Waals surface area contributed by atoms with E-state index in [9.17, 15) is 0 Å². The molecule has 304 valence electrons. The van der Waals surface area contributed by atoms with Gasteiger partial charge in [0.1, 0.15) is 22.3 Å². The summed E-state index contributed by atoms with van der Waals surface area (Å²) in [6.07, 6.45) is 0. The minimum absolute atomic E-state index is 0.886. The molecule has 0 spiro atoms. The van der Waals surface area contributed by atoms with Crippen molar-refractivity contribution in [3.05, 3.63) is 237 Å². The molecule has 3 heteroatoms. The van der Waals surface area contributed by atoms with E-state index in [-0.39, 0.29) is 0 Å². The lowest BCUT2D eigenvalue weighted by atomic mass is 9.97. The first kappa shape index (κ1) is 36.9. The van der Waals surface area contributed by atoms with Crippen LogP contribution < -0.4 is 4.90 Å². The van der Waals surface area contributed by atoms with Gasteiger partial charge in [-0.2, -0.15) is 0 Å². The third-order valence-corrected chi connectivity index (χ3v) is 13.1. The molecule has 2 heterocycles. The number of hydrogen-bond acceptors (Lipinski definition) is 3. The average molecular weight is 830 g/mol. The number of benzene rings is 11. The van der Waals surface area contributed by atoms with Gasteiger partial charge in [0.05, 0.1) is 0 Å². The van der Waals surface area contributed by atoms with Gasteiger partial charge in [-0.1, -0.05) is 164 Å². The van der Waals surface area contributed by atoms with Crippen molar-refractivity contribution in [3.8, 4) is 44.5 Å². The van der Waals surface area contributed by atoms with Gasteiger partial charge in [-0.3, -0.25) is 0 Å². The minimum Gasteiger partial charge on any atom is -0.456 e. The van der Waals surface area contributed by atoms with Crippen molar-refractivity contribution >= 4 is 82.5 Å². The Morgan fingerprint density at radius 2 is 0.754 bits per heavy atom. The summed E-state index contributed by atoms with van der Waals surface area (Å²) < 4.78 is 12.8. The number of para-hydroxylation sites is 2. The van der Waals surface area contributed by atoms with Crippen molar-refractivity contribution in [2.24, 2.45) is 0 Å². The molecule has 0 unspecified atom stereocenters. The summed E-state index contributed by atoms with van der Waals surface area (Å²) in [5.41, 5.74) is 16.0. The predicted molar refractivity (Wildman–Crippen MR) is 272 cm³/mol. The highest BCUT2D eigenvalue weighted by atomic mass is 16.3. The molecule has 0 saturated carbocycles. The minimum atomic E-state index is 0.886. The highest BCUT2D eigenvalue weighted by molar-refractivity contribution is 6.11. The van der Waals surface area contributed by atoms with Crippen molar-refractivity contribution in [2.75, 3.05) is 4.90 Å². The zero-order valence-corrected chi connectivity index (χ0v) is 35.3. The second-order valence-corrected chi connectivity index (χ2v) is 16.9. The van der Waals surface area contributed by atoms with Gasteiger partial charge in [-0.05, 0) is 133 Å². The summed E-state index contributed by atoms with van der Waals surface area (Å²) in [6.45, 7) is 0. The highest BCUT2D eigenvalue weighted by Crippen LogP contribution is 2.41. The Morgan fingerprint density at radius 1 is 0.246 bits per heavy atom. The number of fused-ring (bicyclic) bond motifs is 9. The molecule has 3 nitrogen and oxygen atoms in total. The lowest BCUT2D eigenvalue weighted by Gasteiger charge is -2.26. The maximum atomic E-state index is 6.50. The van der Waals surface area contributed by atoms with Crippen LogP contribution in [0.3, 0.4) is 0 Å². The molecular weight excluding hydrogens is 791 g/mol. The van der Waals surface area contributed by atoms with E-state index in [4.69, 9.17) is 8.83 Å². The molecular formula is C62H39NO2. The van der Waals surface area contributed by atoms with Crippen molar-refractivity contribution < 1.29 is 8.83 Å². The standard InChI is InChI=1S/C62H39NO2/c1-2-9-43(10-3-1)54-14-8-15-57-58-38-46(27-36-60(58)65-62(54)57)41-21-30-50(31-22-41)63(51-32-23-42(24-33-51)47-26-35-56-55-13-6-7-16-59(55)64-61(56)39-47)49-28-19-40(20-29-49)45-25-34-53-48(37-45)18-17-44-11-4-5-12-52(44)53/h1-39H. The first-order chi connectivity index (χ1) is 32.2. The van der Waals surface area contributed by atoms with Crippen LogP contribution in [0.5, 0.6) is 0 Å². The maximum absolute atomic E-state index is 6.50. The van der Waals surface area contributed by atoms with Crippen LogP contribution >= 0.6 is 0 Å². The Bertz CT molecular complexity index is 3920. The Labute approximate surface area is 375 Å². The molecule has 0 N–H and O–H groups in total. The van der Waals surface area contributed by atoms with Gasteiger partial charge in [0.15, 0.2) is 0 Å². The van der Waals surface area contributed by atoms with Crippen LogP contribution in [0.4, 0.5) is 17.1 Å². The van der Waals surface area contributed by atoms with Crippen molar-refractivity contribution in [2.45, 2.75) is 0 Å². The second kappa shape index (κ2) is 15.0. The van der Waals surface area contributed by atoms with Gasteiger partial charge in [0.2, 0.25) is 0 Å². The molecule has 13 rings (SSSR count). The molecule has 0 aliphatic carbocycles. The monoisotopic (exact) mass is 829 g/mol. The number of nitrogens with zero attached hydrogens (tertiary/aromatic N) is 1. The van der Waals surface area contributed by atoms with Crippen LogP contribution in [0.1, 0.15) is 0 Å². The summed E-state index contributed by atoms with van der Waals surface area (Å²) in [5, 5.41) is 9.55. The lowest BCUT2D eigenvalue weighted by molar-refractivity contribution is 0.669. The number of rotatable bonds is 7. The van der Waals surface area contributed by atoms with Gasteiger partial charge in [-0.25, -0.2) is 0 Å². The summed E-state index contributed by atoms with van der Waals surface area (Å²) >= 11 is 0. The van der Waals surface area contributed by atoms with E-state index in [1.165, 1.54) is 32.7 Å². The molecule has 65 heavy (non-hydrogen) atoms. The average Bonchev–Trinajstić information content (AvgIpc) is 3.95. The quantitative estimate of drug-likeness (QED) is 0.150. The molecule has 0 saturated heterocycles. The highest BCUT2D eigenvalue weighted by Gasteiger charge is 2.17. The van der Waals surface area contributed by atoms with E-state index in [2.05, 4.69) is 223 Å². The second-order valence-electron chi connectivity index (χ2n) is 16.9. The molecule has 0 fully saturated rings. The van der Waals surface area contributed by atoms with Gasteiger partial charge >= 0.3 is 0 Å². The molecule has 11 aromatic carbocycles. The lowest BCUT2D eigenvalue weighted by Crippen LogP contribution is -2.09. The van der Waals surface area contributed by atoms with Gasteiger partial charge < -0.3 is 13.7 Å². The fraction of sp³-hybridized carbons (Fsp3) is 0. The molecule has 0 amide bonds. The van der Waals surface area contributed by atoms with E-state index in [0.717, 1.165) is 94.3 Å². The molecule has 0 aliphatic heterocycles. The predicted octanol–water partition coefficient (Wildman–Crippen LogP) is 17.9. The summed E-state index contributed by atoms with van der Waals surface area (Å²) in [6, 6.07) is 84.7. The van der Waals surface area contributed by atoms with E-state index < -0.39 is 0 Å². The van der Waals surface area contributed by atoms with E-state index in [1.54, 1.807) is 0 Å². The third kappa shape index (κ3) is 6.36. The Hall–Kier alpha value is -8.66. The van der Waals surface area contributed by atoms with Crippen LogP contribution in [0, 0.1) is 0 Å². The first-order valence-electron chi connectivity index (χ1n) is 22.1. The molecule has 0 bridgehead atoms. The SMILES string of the molecule is c1ccc(-c2cccc3c2oc2ccc(-c4ccc(N(c5ccc(-c6ccc7c(ccc8ccccc87)c6)cc5)c5ccc(-c6ccc7c(c6)oc6ccccc67)cc5)cc4)cc23)cc1. The van der Waals surface area contributed by atoms with Crippen molar-refractivity contribution in [3.63, 3.8) is 0 Å². The Balaban J connectivity index is 0.864. The zero-order chi connectivity index (χ0) is 42.8. The smallest absolute Gasteiger partial charge is 0.143 e. The number of anilines is 3. The van der Waals surface area contributed by atoms with Crippen molar-refractivity contribution in [1.29, 1.82) is 0 Å². The van der Waals surface area contributed by atoms with Crippen LogP contribution in [-0.2, 0) is 0 Å². The van der Waals surface area contributed by atoms with Crippen molar-refractivity contribution in [1.82, 2.24) is 0 Å². The van der Waals surface area contributed by atoms with E-state index in [1.807, 2.05) is 18.2 Å². The largest absolute Gasteiger partial charge is 0.456 e. The third-order valence-electron chi connectivity index (χ3n) is 13.1. The van der Waals surface area contributed by atoms with Crippen LogP contribution in [0.2, 0.25) is 0 Å². The maximum Gasteiger partial charge on any atom is 0.143 e. The number of furan rings is 2. The molecule has 0 radical (unpaired) electrons. The fourth-order valence-electron chi connectivity index (χ4n) is 9.78. The first-order valence-corrected chi connectivity index (χ1v) is 22.1. The number of hydrogen-bond donors (Lipinski definition) is 0. The van der Waals surface area contributed by atoms with Gasteiger partial charge in [0.25, 0.3) is 0 Å². The summed E-state index contributed by atoms with van der Waals surface area (Å²) in [5.74, 6) is 0.